The van der Waals surface area contributed by atoms with Crippen molar-refractivity contribution in [2.75, 3.05) is 25.5 Å². The van der Waals surface area contributed by atoms with E-state index in [1.165, 1.54) is 24.9 Å². The van der Waals surface area contributed by atoms with Crippen LogP contribution in [0.15, 0.2) is 40.2 Å². The second kappa shape index (κ2) is 10.1. The number of amides is 2. The second-order valence-electron chi connectivity index (χ2n) is 4.98. The van der Waals surface area contributed by atoms with Crippen molar-refractivity contribution in [1.82, 2.24) is 4.90 Å². The largest absolute Gasteiger partial charge is 0.465 e. The number of halogens is 1. The normalized spacial score (nSPS) is 16.6. The van der Waals surface area contributed by atoms with Crippen molar-refractivity contribution in [1.29, 1.82) is 0 Å². The van der Waals surface area contributed by atoms with Gasteiger partial charge in [-0.3, -0.25) is 19.5 Å². The molecular weight excluding hydrogens is 422 g/mol. The van der Waals surface area contributed by atoms with Gasteiger partial charge in [0, 0.05) is 24.9 Å². The molecule has 1 aliphatic rings. The van der Waals surface area contributed by atoms with Crippen LogP contribution < -0.4 is 5.32 Å². The number of anilines is 1. The van der Waals surface area contributed by atoms with Crippen LogP contribution in [-0.2, 0) is 14.3 Å². The Bertz CT molecular complexity index is 747. The molecule has 1 aliphatic heterocycles. The third-order valence-corrected chi connectivity index (χ3v) is 4.38. The number of ether oxygens (including phenoxy) is 1. The topological polar surface area (TPSA) is 88.1 Å². The number of thioether (sulfide) groups is 1. The number of amidine groups is 1. The summed E-state index contributed by atoms with van der Waals surface area (Å²) >= 11 is 1.19. The molecule has 140 valence electrons. The number of likely N-dealkylation sites (N-methyl/N-ethyl adjacent to an activating group) is 1. The summed E-state index contributed by atoms with van der Waals surface area (Å²) in [4.78, 5) is 42.0. The first-order valence-corrected chi connectivity index (χ1v) is 8.57. The molecule has 2 amide bonds. The lowest BCUT2D eigenvalue weighted by Crippen LogP contribution is -2.29. The lowest BCUT2D eigenvalue weighted by atomic mass is 10.2. The van der Waals surface area contributed by atoms with E-state index in [9.17, 15) is 14.4 Å². The highest BCUT2D eigenvalue weighted by Crippen LogP contribution is 2.30. The van der Waals surface area contributed by atoms with Crippen LogP contribution in [0.2, 0.25) is 0 Å². The standard InChI is InChI=1S/C17H19N3O4S.BrH/c1-4-18-17-20(5-2)15(22)13(25-17)10-14(21)19-12-8-6-11(7-9-12)16(23)24-3;/h6-10H,4-5H2,1-3H3,(H,19,21);1H/b13-10-,18-17?;. The molecule has 2 rings (SSSR count). The van der Waals surface area contributed by atoms with Crippen LogP contribution in [0, 0.1) is 0 Å². The Morgan fingerprint density at radius 1 is 1.27 bits per heavy atom. The molecule has 0 saturated carbocycles. The maximum absolute atomic E-state index is 12.3. The lowest BCUT2D eigenvalue weighted by molar-refractivity contribution is -0.122. The van der Waals surface area contributed by atoms with Crippen molar-refractivity contribution in [3.63, 3.8) is 0 Å². The van der Waals surface area contributed by atoms with Gasteiger partial charge in [0.05, 0.1) is 17.6 Å². The van der Waals surface area contributed by atoms with E-state index in [0.717, 1.165) is 0 Å². The zero-order valence-electron chi connectivity index (χ0n) is 14.6. The monoisotopic (exact) mass is 441 g/mol. The van der Waals surface area contributed by atoms with E-state index in [4.69, 9.17) is 0 Å². The maximum Gasteiger partial charge on any atom is 0.337 e. The van der Waals surface area contributed by atoms with E-state index >= 15 is 0 Å². The van der Waals surface area contributed by atoms with Crippen LogP contribution in [0.25, 0.3) is 0 Å². The number of benzene rings is 1. The number of nitrogens with one attached hydrogen (secondary N) is 1. The van der Waals surface area contributed by atoms with Crippen LogP contribution in [0.5, 0.6) is 0 Å². The zero-order valence-corrected chi connectivity index (χ0v) is 17.2. The van der Waals surface area contributed by atoms with Gasteiger partial charge in [0.15, 0.2) is 5.17 Å². The molecule has 1 heterocycles. The van der Waals surface area contributed by atoms with Gasteiger partial charge < -0.3 is 10.1 Å². The number of rotatable bonds is 5. The van der Waals surface area contributed by atoms with E-state index < -0.39 is 11.9 Å². The summed E-state index contributed by atoms with van der Waals surface area (Å²) in [7, 11) is 1.30. The van der Waals surface area contributed by atoms with E-state index in [0.29, 0.717) is 34.4 Å². The van der Waals surface area contributed by atoms with Gasteiger partial charge in [0.1, 0.15) is 0 Å². The molecule has 1 saturated heterocycles. The molecule has 1 aromatic carbocycles. The number of hydrogen-bond donors (Lipinski definition) is 1. The number of carbonyl (C=O) groups excluding carboxylic acids is 3. The summed E-state index contributed by atoms with van der Waals surface area (Å²) in [6.45, 7) is 4.81. The fourth-order valence-corrected chi connectivity index (χ4v) is 3.22. The Morgan fingerprint density at radius 3 is 2.46 bits per heavy atom. The molecule has 7 nitrogen and oxygen atoms in total. The van der Waals surface area contributed by atoms with E-state index in [1.807, 2.05) is 13.8 Å². The lowest BCUT2D eigenvalue weighted by Gasteiger charge is -2.11. The van der Waals surface area contributed by atoms with E-state index in [1.54, 1.807) is 29.2 Å². The molecule has 9 heteroatoms. The third-order valence-electron chi connectivity index (χ3n) is 3.33. The zero-order chi connectivity index (χ0) is 18.4. The van der Waals surface area contributed by atoms with E-state index in [-0.39, 0.29) is 22.9 Å². The van der Waals surface area contributed by atoms with Gasteiger partial charge in [-0.05, 0) is 49.9 Å². The summed E-state index contributed by atoms with van der Waals surface area (Å²) in [6.07, 6.45) is 1.27. The van der Waals surface area contributed by atoms with Gasteiger partial charge in [-0.1, -0.05) is 0 Å². The SMILES string of the molecule is Br.CCN=C1S/C(=C\C(=O)Nc2ccc(C(=O)OC)cc2)C(=O)N1CC. The van der Waals surface area contributed by atoms with Gasteiger partial charge in [-0.25, -0.2) is 4.79 Å². The number of hydrogen-bond acceptors (Lipinski definition) is 6. The van der Waals surface area contributed by atoms with Crippen LogP contribution in [0.4, 0.5) is 5.69 Å². The van der Waals surface area contributed by atoms with Gasteiger partial charge in [0.25, 0.3) is 5.91 Å². The molecule has 0 aromatic heterocycles. The van der Waals surface area contributed by atoms with Crippen molar-refractivity contribution in [2.24, 2.45) is 4.99 Å². The number of carbonyl (C=O) groups is 3. The quantitative estimate of drug-likeness (QED) is 0.560. The summed E-state index contributed by atoms with van der Waals surface area (Å²) < 4.78 is 4.62. The second-order valence-corrected chi connectivity index (χ2v) is 5.98. The predicted octanol–water partition coefficient (Wildman–Crippen LogP) is 2.84. The Labute approximate surface area is 166 Å². The number of aliphatic imine (C=N–C) groups is 1. The Hall–Kier alpha value is -2.13. The summed E-state index contributed by atoms with van der Waals surface area (Å²) in [5, 5.41) is 3.27. The molecule has 26 heavy (non-hydrogen) atoms. The van der Waals surface area contributed by atoms with Crippen molar-refractivity contribution in [3.8, 4) is 0 Å². The summed E-state index contributed by atoms with van der Waals surface area (Å²) in [5.74, 6) is -1.10. The summed E-state index contributed by atoms with van der Waals surface area (Å²) in [5.41, 5.74) is 0.902. The van der Waals surface area contributed by atoms with Gasteiger partial charge in [-0.2, -0.15) is 0 Å². The van der Waals surface area contributed by atoms with Crippen molar-refractivity contribution >= 4 is 57.4 Å². The van der Waals surface area contributed by atoms with Crippen LogP contribution in [0.3, 0.4) is 0 Å². The van der Waals surface area contributed by atoms with Crippen molar-refractivity contribution < 1.29 is 19.1 Å². The molecule has 1 N–H and O–H groups in total. The Kier molecular flexibility index (Phi) is 8.53. The number of methoxy groups -OCH3 is 1. The first kappa shape index (κ1) is 21.9. The average Bonchev–Trinajstić information content (AvgIpc) is 2.89. The molecule has 0 unspecified atom stereocenters. The third kappa shape index (κ3) is 5.18. The molecule has 1 aromatic rings. The first-order chi connectivity index (χ1) is 12.0. The van der Waals surface area contributed by atoms with Gasteiger partial charge in [-0.15, -0.1) is 17.0 Å². The molecule has 0 spiro atoms. The Morgan fingerprint density at radius 2 is 1.92 bits per heavy atom. The predicted molar refractivity (Wildman–Crippen MR) is 108 cm³/mol. The van der Waals surface area contributed by atoms with Gasteiger partial charge in [0.2, 0.25) is 5.91 Å². The molecule has 0 radical (unpaired) electrons. The molecule has 0 bridgehead atoms. The Balaban J connectivity index is 0.00000338. The minimum Gasteiger partial charge on any atom is -0.465 e. The highest BCUT2D eigenvalue weighted by atomic mass is 79.9. The highest BCUT2D eigenvalue weighted by molar-refractivity contribution is 8.93. The molecule has 0 aliphatic carbocycles. The summed E-state index contributed by atoms with van der Waals surface area (Å²) in [6, 6.07) is 6.28. The molecule has 0 atom stereocenters. The highest BCUT2D eigenvalue weighted by Gasteiger charge is 2.32. The fraction of sp³-hybridized carbons (Fsp3) is 0.294. The van der Waals surface area contributed by atoms with Crippen LogP contribution >= 0.6 is 28.7 Å². The number of nitrogens with zero attached hydrogens (tertiary/aromatic N) is 2. The average molecular weight is 442 g/mol. The fourth-order valence-electron chi connectivity index (χ4n) is 2.14. The first-order valence-electron chi connectivity index (χ1n) is 7.75. The number of esters is 1. The maximum atomic E-state index is 12.3. The molecule has 1 fully saturated rings. The van der Waals surface area contributed by atoms with Crippen molar-refractivity contribution in [3.05, 3.63) is 40.8 Å². The molecular formula is C17H20BrN3O4S. The van der Waals surface area contributed by atoms with Crippen LogP contribution in [0.1, 0.15) is 24.2 Å². The van der Waals surface area contributed by atoms with Crippen LogP contribution in [-0.4, -0.2) is 48.1 Å². The van der Waals surface area contributed by atoms with Crippen molar-refractivity contribution in [2.45, 2.75) is 13.8 Å². The smallest absolute Gasteiger partial charge is 0.337 e. The van der Waals surface area contributed by atoms with Gasteiger partial charge >= 0.3 is 5.97 Å². The van der Waals surface area contributed by atoms with E-state index in [2.05, 4.69) is 15.0 Å². The minimum atomic E-state index is -0.449. The minimum absolute atomic E-state index is 0.